The van der Waals surface area contributed by atoms with Gasteiger partial charge in [0.15, 0.2) is 11.4 Å². The molecule has 0 radical (unpaired) electrons. The van der Waals surface area contributed by atoms with E-state index in [0.717, 1.165) is 5.57 Å². The molecule has 1 aromatic carbocycles. The van der Waals surface area contributed by atoms with Gasteiger partial charge in [-0.1, -0.05) is 35.9 Å². The van der Waals surface area contributed by atoms with Gasteiger partial charge in [0.2, 0.25) is 5.60 Å². The quantitative estimate of drug-likeness (QED) is 0.722. The lowest BCUT2D eigenvalue weighted by Gasteiger charge is -2.32. The van der Waals surface area contributed by atoms with E-state index in [2.05, 4.69) is 0 Å². The molecule has 1 aliphatic carbocycles. The van der Waals surface area contributed by atoms with Crippen LogP contribution in [0.5, 0.6) is 0 Å². The van der Waals surface area contributed by atoms with E-state index in [9.17, 15) is 24.9 Å². The van der Waals surface area contributed by atoms with Gasteiger partial charge in [0.05, 0.1) is 0 Å². The number of allylic oxidation sites excluding steroid dienone is 1. The van der Waals surface area contributed by atoms with Crippen molar-refractivity contribution in [2.75, 3.05) is 0 Å². The summed E-state index contributed by atoms with van der Waals surface area (Å²) in [5.41, 5.74) is -4.23. The molecule has 0 spiro atoms. The Hall–Kier alpha value is -1.98. The SMILES string of the molecule is CC(C)=CCC1(O)C(=O)c2ccccc2C1(O)C(=O)O. The summed E-state index contributed by atoms with van der Waals surface area (Å²) >= 11 is 0. The molecule has 1 aromatic rings. The fourth-order valence-corrected chi connectivity index (χ4v) is 2.49. The molecule has 0 fully saturated rings. The summed E-state index contributed by atoms with van der Waals surface area (Å²) in [5, 5.41) is 30.5. The molecule has 0 aromatic heterocycles. The van der Waals surface area contributed by atoms with Gasteiger partial charge in [0.1, 0.15) is 0 Å². The lowest BCUT2D eigenvalue weighted by Crippen LogP contribution is -2.56. The summed E-state index contributed by atoms with van der Waals surface area (Å²) < 4.78 is 0. The number of hydrogen-bond acceptors (Lipinski definition) is 4. The third kappa shape index (κ3) is 1.71. The second-order valence-electron chi connectivity index (χ2n) is 5.24. The first-order valence-electron chi connectivity index (χ1n) is 6.21. The minimum atomic E-state index is -2.63. The second kappa shape index (κ2) is 4.54. The minimum Gasteiger partial charge on any atom is -0.479 e. The summed E-state index contributed by atoms with van der Waals surface area (Å²) in [6, 6.07) is 5.84. The van der Waals surface area contributed by atoms with E-state index in [-0.39, 0.29) is 17.5 Å². The molecule has 0 saturated carbocycles. The number of carboxylic acid groups (broad SMARTS) is 1. The van der Waals surface area contributed by atoms with Crippen LogP contribution in [0.3, 0.4) is 0 Å². The predicted molar refractivity (Wildman–Crippen MR) is 71.3 cm³/mol. The molecule has 0 aliphatic heterocycles. The topological polar surface area (TPSA) is 94.8 Å². The van der Waals surface area contributed by atoms with E-state index >= 15 is 0 Å². The van der Waals surface area contributed by atoms with E-state index in [1.54, 1.807) is 19.9 Å². The molecule has 1 aliphatic rings. The number of carboxylic acids is 1. The van der Waals surface area contributed by atoms with Gasteiger partial charge in [-0.15, -0.1) is 0 Å². The van der Waals surface area contributed by atoms with E-state index in [1.165, 1.54) is 24.3 Å². The van der Waals surface area contributed by atoms with Gasteiger partial charge in [-0.3, -0.25) is 4.79 Å². The number of rotatable bonds is 3. The zero-order valence-corrected chi connectivity index (χ0v) is 11.3. The van der Waals surface area contributed by atoms with Gasteiger partial charge in [-0.05, 0) is 13.8 Å². The zero-order chi connectivity index (χ0) is 15.1. The lowest BCUT2D eigenvalue weighted by atomic mass is 9.80. The fourth-order valence-electron chi connectivity index (χ4n) is 2.49. The van der Waals surface area contributed by atoms with Crippen molar-refractivity contribution in [2.45, 2.75) is 31.5 Å². The van der Waals surface area contributed by atoms with Crippen molar-refractivity contribution in [1.82, 2.24) is 0 Å². The first kappa shape index (κ1) is 14.4. The summed E-state index contributed by atoms with van der Waals surface area (Å²) in [6.07, 6.45) is 1.28. The Bertz CT molecular complexity index is 614. The Morgan fingerprint density at radius 2 is 1.85 bits per heavy atom. The average Bonchev–Trinajstić information content (AvgIpc) is 2.58. The number of aliphatic hydroxyl groups is 2. The molecule has 2 rings (SSSR count). The number of Topliss-reactive ketones (excluding diaryl/α,β-unsaturated/α-hetero) is 1. The van der Waals surface area contributed by atoms with Crippen molar-refractivity contribution in [3.8, 4) is 0 Å². The van der Waals surface area contributed by atoms with Crippen molar-refractivity contribution < 1.29 is 24.9 Å². The van der Waals surface area contributed by atoms with Crippen LogP contribution in [-0.2, 0) is 10.4 Å². The molecule has 3 N–H and O–H groups in total. The number of carbonyl (C=O) groups excluding carboxylic acids is 1. The molecule has 2 unspecified atom stereocenters. The van der Waals surface area contributed by atoms with Gasteiger partial charge >= 0.3 is 5.97 Å². The smallest absolute Gasteiger partial charge is 0.344 e. The van der Waals surface area contributed by atoms with Crippen molar-refractivity contribution in [1.29, 1.82) is 0 Å². The van der Waals surface area contributed by atoms with E-state index < -0.39 is 23.0 Å². The van der Waals surface area contributed by atoms with Crippen LogP contribution in [0.25, 0.3) is 0 Å². The van der Waals surface area contributed by atoms with Gasteiger partial charge in [-0.2, -0.15) is 0 Å². The van der Waals surface area contributed by atoms with Crippen LogP contribution in [0.1, 0.15) is 36.2 Å². The molecule has 0 heterocycles. The second-order valence-corrected chi connectivity index (χ2v) is 5.24. The van der Waals surface area contributed by atoms with Crippen LogP contribution in [0.2, 0.25) is 0 Å². The molecule has 2 atom stereocenters. The zero-order valence-electron chi connectivity index (χ0n) is 11.3. The van der Waals surface area contributed by atoms with Crippen LogP contribution in [0.4, 0.5) is 0 Å². The molecular formula is C15H16O5. The van der Waals surface area contributed by atoms with Crippen LogP contribution >= 0.6 is 0 Å². The van der Waals surface area contributed by atoms with Crippen LogP contribution in [0.15, 0.2) is 35.9 Å². The van der Waals surface area contributed by atoms with Crippen molar-refractivity contribution in [3.05, 3.63) is 47.0 Å². The summed E-state index contributed by atoms with van der Waals surface area (Å²) in [7, 11) is 0. The third-order valence-electron chi connectivity index (χ3n) is 3.65. The van der Waals surface area contributed by atoms with Crippen LogP contribution in [0, 0.1) is 0 Å². The maximum Gasteiger partial charge on any atom is 0.344 e. The van der Waals surface area contributed by atoms with Gasteiger partial charge < -0.3 is 15.3 Å². The van der Waals surface area contributed by atoms with Gasteiger partial charge in [-0.25, -0.2) is 4.79 Å². The fraction of sp³-hybridized carbons (Fsp3) is 0.333. The molecule has 0 amide bonds. The highest BCUT2D eigenvalue weighted by molar-refractivity contribution is 6.13. The highest BCUT2D eigenvalue weighted by Gasteiger charge is 2.66. The highest BCUT2D eigenvalue weighted by atomic mass is 16.4. The third-order valence-corrected chi connectivity index (χ3v) is 3.65. The molecule has 0 bridgehead atoms. The number of fused-ring (bicyclic) bond motifs is 1. The predicted octanol–water partition coefficient (Wildman–Crippen LogP) is 1.24. The van der Waals surface area contributed by atoms with Gasteiger partial charge in [0.25, 0.3) is 0 Å². The number of aliphatic carboxylic acids is 1. The van der Waals surface area contributed by atoms with Crippen molar-refractivity contribution in [2.24, 2.45) is 0 Å². The van der Waals surface area contributed by atoms with Crippen molar-refractivity contribution >= 4 is 11.8 Å². The number of benzene rings is 1. The Morgan fingerprint density at radius 3 is 2.40 bits per heavy atom. The number of hydrogen-bond donors (Lipinski definition) is 3. The standard InChI is InChI=1S/C15H16O5/c1-9(2)7-8-14(19)12(16)10-5-3-4-6-11(10)15(14,20)13(17)18/h3-7,19-20H,8H2,1-2H3,(H,17,18). The highest BCUT2D eigenvalue weighted by Crippen LogP contribution is 2.46. The summed E-state index contributed by atoms with van der Waals surface area (Å²) in [4.78, 5) is 23.9. The Morgan fingerprint density at radius 1 is 1.25 bits per heavy atom. The molecule has 0 saturated heterocycles. The lowest BCUT2D eigenvalue weighted by molar-refractivity contribution is -0.183. The maximum atomic E-state index is 12.3. The molecular weight excluding hydrogens is 260 g/mol. The Labute approximate surface area is 116 Å². The van der Waals surface area contributed by atoms with Crippen LogP contribution < -0.4 is 0 Å². The summed E-state index contributed by atoms with van der Waals surface area (Å²) in [6.45, 7) is 3.52. The molecule has 20 heavy (non-hydrogen) atoms. The van der Waals surface area contributed by atoms with E-state index in [0.29, 0.717) is 0 Å². The Balaban J connectivity index is 2.67. The molecule has 106 valence electrons. The first-order chi connectivity index (χ1) is 9.25. The van der Waals surface area contributed by atoms with Gasteiger partial charge in [0, 0.05) is 17.5 Å². The van der Waals surface area contributed by atoms with Crippen LogP contribution in [-0.4, -0.2) is 32.7 Å². The average molecular weight is 276 g/mol. The first-order valence-corrected chi connectivity index (χ1v) is 6.21. The minimum absolute atomic E-state index is 0.0436. The Kier molecular flexibility index (Phi) is 3.28. The summed E-state index contributed by atoms with van der Waals surface area (Å²) in [5.74, 6) is -2.41. The van der Waals surface area contributed by atoms with Crippen molar-refractivity contribution in [3.63, 3.8) is 0 Å². The molecule has 5 heteroatoms. The van der Waals surface area contributed by atoms with E-state index in [4.69, 9.17) is 0 Å². The number of carbonyl (C=O) groups is 2. The normalized spacial score (nSPS) is 28.1. The maximum absolute atomic E-state index is 12.3. The largest absolute Gasteiger partial charge is 0.479 e. The molecule has 5 nitrogen and oxygen atoms in total. The monoisotopic (exact) mass is 276 g/mol. The number of ketones is 1. The van der Waals surface area contributed by atoms with E-state index in [1.807, 2.05) is 0 Å².